The fraction of sp³-hybridized carbons (Fsp3) is 0.417. The van der Waals surface area contributed by atoms with Crippen LogP contribution >= 0.6 is 34.2 Å². The molecule has 0 saturated carbocycles. The molecule has 0 fully saturated rings. The fourth-order valence-electron chi connectivity index (χ4n) is 1.75. The van der Waals surface area contributed by atoms with Gasteiger partial charge in [-0.2, -0.15) is 5.10 Å². The number of hydrogen-bond donors (Lipinski definition) is 0. The maximum absolute atomic E-state index is 6.18. The third-order valence-electron chi connectivity index (χ3n) is 2.61. The maximum Gasteiger partial charge on any atom is 0.179 e. The molecular formula is C12H14ClIN4. The highest BCUT2D eigenvalue weighted by molar-refractivity contribution is 14.1. The molecule has 0 aliphatic rings. The molecule has 2 aromatic rings. The van der Waals surface area contributed by atoms with Gasteiger partial charge < -0.3 is 0 Å². The lowest BCUT2D eigenvalue weighted by Crippen LogP contribution is -2.05. The van der Waals surface area contributed by atoms with E-state index in [1.807, 2.05) is 17.7 Å². The van der Waals surface area contributed by atoms with Crippen LogP contribution in [0.3, 0.4) is 0 Å². The molecule has 6 heteroatoms. The first-order valence-electron chi connectivity index (χ1n) is 5.91. The average molecular weight is 377 g/mol. The van der Waals surface area contributed by atoms with E-state index in [2.05, 4.69) is 44.6 Å². The largest absolute Gasteiger partial charge is 0.262 e. The molecule has 0 spiro atoms. The van der Waals surface area contributed by atoms with Crippen molar-refractivity contribution in [2.45, 2.75) is 33.2 Å². The van der Waals surface area contributed by atoms with Crippen LogP contribution in [-0.4, -0.2) is 19.7 Å². The first-order valence-corrected chi connectivity index (χ1v) is 7.37. The molecule has 0 aliphatic carbocycles. The Hall–Kier alpha value is -0.690. The summed E-state index contributed by atoms with van der Waals surface area (Å²) in [5.41, 5.74) is 1.92. The van der Waals surface area contributed by atoms with Gasteiger partial charge in [-0.05, 0) is 42.0 Å². The summed E-state index contributed by atoms with van der Waals surface area (Å²) in [6.45, 7) is 4.96. The standard InChI is InChI=1S/C12H14ClIN4/c1-3-5-8-10(14)11(13)17-12(16-8)9-6-7-15-18(9)4-2/h6-7H,3-5H2,1-2H3. The molecule has 0 aromatic carbocycles. The summed E-state index contributed by atoms with van der Waals surface area (Å²) in [7, 11) is 0. The van der Waals surface area contributed by atoms with E-state index in [0.717, 1.165) is 34.3 Å². The average Bonchev–Trinajstić information content (AvgIpc) is 2.83. The second-order valence-corrected chi connectivity index (χ2v) is 5.32. The van der Waals surface area contributed by atoms with Crippen LogP contribution < -0.4 is 0 Å². The fourth-order valence-corrected chi connectivity index (χ4v) is 2.45. The minimum atomic E-state index is 0.521. The second-order valence-electron chi connectivity index (χ2n) is 3.88. The van der Waals surface area contributed by atoms with Crippen molar-refractivity contribution >= 4 is 34.2 Å². The molecule has 2 heterocycles. The Balaban J connectivity index is 2.52. The van der Waals surface area contributed by atoms with Gasteiger partial charge in [-0.25, -0.2) is 9.97 Å². The maximum atomic E-state index is 6.18. The lowest BCUT2D eigenvalue weighted by Gasteiger charge is -2.08. The van der Waals surface area contributed by atoms with Gasteiger partial charge in [0.15, 0.2) is 5.82 Å². The zero-order chi connectivity index (χ0) is 13.1. The van der Waals surface area contributed by atoms with Crippen LogP contribution in [0.4, 0.5) is 0 Å². The minimum absolute atomic E-state index is 0.521. The van der Waals surface area contributed by atoms with Gasteiger partial charge in [0.05, 0.1) is 9.26 Å². The number of aromatic nitrogens is 4. The van der Waals surface area contributed by atoms with Gasteiger partial charge in [0.25, 0.3) is 0 Å². The SMILES string of the molecule is CCCc1nc(-c2ccnn2CC)nc(Cl)c1I. The van der Waals surface area contributed by atoms with Crippen molar-refractivity contribution in [2.75, 3.05) is 0 Å². The molecule has 0 atom stereocenters. The summed E-state index contributed by atoms with van der Waals surface area (Å²) in [6.07, 6.45) is 3.71. The molecule has 0 N–H and O–H groups in total. The summed E-state index contributed by atoms with van der Waals surface area (Å²) in [5.74, 6) is 0.656. The predicted molar refractivity (Wildman–Crippen MR) is 80.6 cm³/mol. The normalized spacial score (nSPS) is 10.9. The Bertz CT molecular complexity index is 553. The van der Waals surface area contributed by atoms with Crippen LogP contribution in [0.25, 0.3) is 11.5 Å². The Morgan fingerprint density at radius 3 is 2.78 bits per heavy atom. The third kappa shape index (κ3) is 2.66. The molecule has 4 nitrogen and oxygen atoms in total. The first kappa shape index (κ1) is 13.7. The van der Waals surface area contributed by atoms with E-state index < -0.39 is 0 Å². The van der Waals surface area contributed by atoms with E-state index >= 15 is 0 Å². The minimum Gasteiger partial charge on any atom is -0.262 e. The molecule has 96 valence electrons. The van der Waals surface area contributed by atoms with Crippen molar-refractivity contribution < 1.29 is 0 Å². The van der Waals surface area contributed by atoms with Crippen molar-refractivity contribution in [1.29, 1.82) is 0 Å². The van der Waals surface area contributed by atoms with Gasteiger partial charge in [-0.15, -0.1) is 0 Å². The van der Waals surface area contributed by atoms with Crippen molar-refractivity contribution in [2.24, 2.45) is 0 Å². The van der Waals surface area contributed by atoms with E-state index in [4.69, 9.17) is 11.6 Å². The van der Waals surface area contributed by atoms with Gasteiger partial charge in [0.1, 0.15) is 10.8 Å². The van der Waals surface area contributed by atoms with Crippen LogP contribution in [0.1, 0.15) is 26.0 Å². The van der Waals surface area contributed by atoms with Gasteiger partial charge in [0.2, 0.25) is 0 Å². The van der Waals surface area contributed by atoms with E-state index in [-0.39, 0.29) is 0 Å². The van der Waals surface area contributed by atoms with E-state index in [1.54, 1.807) is 6.20 Å². The Labute approximate surface area is 125 Å². The molecule has 2 rings (SSSR count). The summed E-state index contributed by atoms with van der Waals surface area (Å²) >= 11 is 8.38. The molecule has 0 bridgehead atoms. The van der Waals surface area contributed by atoms with Gasteiger partial charge in [-0.1, -0.05) is 24.9 Å². The summed E-state index contributed by atoms with van der Waals surface area (Å²) in [6, 6.07) is 1.91. The van der Waals surface area contributed by atoms with Crippen molar-refractivity contribution in [3.8, 4) is 11.5 Å². The predicted octanol–water partition coefficient (Wildman–Crippen LogP) is 3.57. The topological polar surface area (TPSA) is 43.6 Å². The zero-order valence-corrected chi connectivity index (χ0v) is 13.2. The van der Waals surface area contributed by atoms with E-state index in [1.165, 1.54) is 0 Å². The Morgan fingerprint density at radius 1 is 1.33 bits per heavy atom. The van der Waals surface area contributed by atoms with Gasteiger partial charge in [-0.3, -0.25) is 4.68 Å². The molecule has 2 aromatic heterocycles. The van der Waals surface area contributed by atoms with Gasteiger partial charge >= 0.3 is 0 Å². The summed E-state index contributed by atoms with van der Waals surface area (Å²) < 4.78 is 2.82. The number of hydrogen-bond acceptors (Lipinski definition) is 3. The first-order chi connectivity index (χ1) is 8.67. The Kier molecular flexibility index (Phi) is 4.55. The second kappa shape index (κ2) is 5.97. The quantitative estimate of drug-likeness (QED) is 0.605. The van der Waals surface area contributed by atoms with Crippen LogP contribution in [0, 0.1) is 3.57 Å². The number of rotatable bonds is 4. The van der Waals surface area contributed by atoms with Gasteiger partial charge in [0, 0.05) is 12.7 Å². The van der Waals surface area contributed by atoms with Crippen LogP contribution in [0.5, 0.6) is 0 Å². The van der Waals surface area contributed by atoms with Crippen LogP contribution in [0.15, 0.2) is 12.3 Å². The van der Waals surface area contributed by atoms with Crippen molar-refractivity contribution in [1.82, 2.24) is 19.7 Å². The highest BCUT2D eigenvalue weighted by Gasteiger charge is 2.14. The van der Waals surface area contributed by atoms with E-state index in [9.17, 15) is 0 Å². The molecule has 0 saturated heterocycles. The number of aryl methyl sites for hydroxylation is 2. The van der Waals surface area contributed by atoms with Crippen LogP contribution in [-0.2, 0) is 13.0 Å². The number of halogens is 2. The lowest BCUT2D eigenvalue weighted by atomic mass is 10.2. The molecule has 0 radical (unpaired) electrons. The summed E-state index contributed by atoms with van der Waals surface area (Å²) in [5, 5.41) is 4.75. The molecular weight excluding hydrogens is 363 g/mol. The monoisotopic (exact) mass is 376 g/mol. The molecule has 0 unspecified atom stereocenters. The zero-order valence-electron chi connectivity index (χ0n) is 10.3. The third-order valence-corrected chi connectivity index (χ3v) is 4.34. The van der Waals surface area contributed by atoms with Crippen LogP contribution in [0.2, 0.25) is 5.15 Å². The molecule has 0 amide bonds. The highest BCUT2D eigenvalue weighted by Crippen LogP contribution is 2.24. The molecule has 18 heavy (non-hydrogen) atoms. The summed E-state index contributed by atoms with van der Waals surface area (Å²) in [4.78, 5) is 8.96. The molecule has 0 aliphatic heterocycles. The highest BCUT2D eigenvalue weighted by atomic mass is 127. The van der Waals surface area contributed by atoms with Crippen molar-refractivity contribution in [3.05, 3.63) is 26.7 Å². The lowest BCUT2D eigenvalue weighted by molar-refractivity contribution is 0.663. The van der Waals surface area contributed by atoms with E-state index in [0.29, 0.717) is 11.0 Å². The number of nitrogens with zero attached hydrogens (tertiary/aromatic N) is 4. The smallest absolute Gasteiger partial charge is 0.179 e. The van der Waals surface area contributed by atoms with Crippen molar-refractivity contribution in [3.63, 3.8) is 0 Å². The Morgan fingerprint density at radius 2 is 2.11 bits per heavy atom.